The molecule has 0 atom stereocenters. The normalized spacial score (nSPS) is 14.1. The minimum Gasteiger partial charge on any atom is -0.465 e. The molecule has 0 unspecified atom stereocenters. The van der Waals surface area contributed by atoms with Gasteiger partial charge in [-0.3, -0.25) is 4.79 Å². The van der Waals surface area contributed by atoms with E-state index in [1.54, 1.807) is 17.8 Å². The number of rotatable bonds is 2. The fourth-order valence-corrected chi connectivity index (χ4v) is 2.43. The van der Waals surface area contributed by atoms with Crippen LogP contribution in [-0.2, 0) is 6.54 Å². The summed E-state index contributed by atoms with van der Waals surface area (Å²) in [5, 5.41) is 8.83. The summed E-state index contributed by atoms with van der Waals surface area (Å²) in [4.78, 5) is 24.3. The number of benzene rings is 1. The Morgan fingerprint density at radius 3 is 2.94 bits per heavy atom. The molecule has 1 aliphatic heterocycles. The minimum atomic E-state index is -1.19. The molecular weight excluding hydrogens is 226 g/mol. The molecule has 0 saturated carbocycles. The molecule has 2 rings (SSSR count). The van der Waals surface area contributed by atoms with Gasteiger partial charge in [-0.2, -0.15) is 0 Å². The van der Waals surface area contributed by atoms with Crippen molar-refractivity contribution in [2.75, 3.05) is 5.75 Å². The van der Waals surface area contributed by atoms with E-state index in [1.165, 1.54) is 0 Å². The third-order valence-electron chi connectivity index (χ3n) is 2.42. The summed E-state index contributed by atoms with van der Waals surface area (Å²) >= 11 is 1.67. The van der Waals surface area contributed by atoms with Gasteiger partial charge in [0.1, 0.15) is 0 Å². The summed E-state index contributed by atoms with van der Waals surface area (Å²) in [7, 11) is 0. The van der Waals surface area contributed by atoms with Crippen LogP contribution < -0.4 is 0 Å². The van der Waals surface area contributed by atoms with E-state index in [1.807, 2.05) is 19.1 Å². The number of carbonyl (C=O) groups is 2. The van der Waals surface area contributed by atoms with Gasteiger partial charge in [0, 0.05) is 10.5 Å². The van der Waals surface area contributed by atoms with Crippen molar-refractivity contribution in [3.63, 3.8) is 0 Å². The second kappa shape index (κ2) is 4.17. The van der Waals surface area contributed by atoms with E-state index in [-0.39, 0.29) is 6.54 Å². The molecule has 16 heavy (non-hydrogen) atoms. The highest BCUT2D eigenvalue weighted by Gasteiger charge is 2.31. The van der Waals surface area contributed by atoms with E-state index in [0.717, 1.165) is 21.1 Å². The quantitative estimate of drug-likeness (QED) is 0.802. The van der Waals surface area contributed by atoms with Gasteiger partial charge in [-0.1, -0.05) is 6.92 Å². The Kier molecular flexibility index (Phi) is 2.87. The van der Waals surface area contributed by atoms with Gasteiger partial charge in [0.15, 0.2) is 0 Å². The van der Waals surface area contributed by atoms with E-state index in [4.69, 9.17) is 5.11 Å². The average Bonchev–Trinajstić information content (AvgIpc) is 2.56. The predicted octanol–water partition coefficient (Wildman–Crippen LogP) is 2.43. The second-order valence-electron chi connectivity index (χ2n) is 3.43. The zero-order chi connectivity index (χ0) is 11.7. The van der Waals surface area contributed by atoms with Crippen LogP contribution in [0.1, 0.15) is 22.8 Å². The third-order valence-corrected chi connectivity index (χ3v) is 3.30. The molecule has 1 heterocycles. The molecule has 1 aromatic carbocycles. The molecule has 0 spiro atoms. The van der Waals surface area contributed by atoms with Crippen LogP contribution in [0.4, 0.5) is 4.79 Å². The smallest absolute Gasteiger partial charge is 0.414 e. The van der Waals surface area contributed by atoms with Crippen LogP contribution in [0.2, 0.25) is 0 Å². The molecule has 5 heteroatoms. The number of carbonyl (C=O) groups excluding carboxylic acids is 1. The highest BCUT2D eigenvalue weighted by atomic mass is 32.2. The lowest BCUT2D eigenvalue weighted by atomic mass is 10.1. The summed E-state index contributed by atoms with van der Waals surface area (Å²) < 4.78 is 0. The molecule has 0 saturated heterocycles. The summed E-state index contributed by atoms with van der Waals surface area (Å²) in [5.74, 6) is 0.533. The molecule has 2 amide bonds. The lowest BCUT2D eigenvalue weighted by Crippen LogP contribution is -2.29. The van der Waals surface area contributed by atoms with Crippen molar-refractivity contribution in [2.24, 2.45) is 0 Å². The van der Waals surface area contributed by atoms with E-state index in [9.17, 15) is 9.59 Å². The topological polar surface area (TPSA) is 57.6 Å². The first-order chi connectivity index (χ1) is 7.63. The number of imide groups is 1. The lowest BCUT2D eigenvalue weighted by Gasteiger charge is -2.06. The molecule has 0 aromatic heterocycles. The zero-order valence-electron chi connectivity index (χ0n) is 8.77. The van der Waals surface area contributed by atoms with Crippen LogP contribution in [0, 0.1) is 0 Å². The Bertz CT molecular complexity index is 459. The van der Waals surface area contributed by atoms with Crippen molar-refractivity contribution in [3.05, 3.63) is 29.3 Å². The number of carboxylic acid groups (broad SMARTS) is 1. The molecule has 1 aliphatic rings. The first-order valence-corrected chi connectivity index (χ1v) is 5.92. The fraction of sp³-hybridized carbons (Fsp3) is 0.273. The van der Waals surface area contributed by atoms with Gasteiger partial charge >= 0.3 is 6.09 Å². The largest absolute Gasteiger partial charge is 0.465 e. The maximum atomic E-state index is 11.6. The molecule has 0 bridgehead atoms. The molecule has 0 radical (unpaired) electrons. The molecule has 0 aliphatic carbocycles. The van der Waals surface area contributed by atoms with Gasteiger partial charge in [0.05, 0.1) is 6.54 Å². The number of hydrogen-bond acceptors (Lipinski definition) is 3. The van der Waals surface area contributed by atoms with Crippen molar-refractivity contribution in [1.29, 1.82) is 0 Å². The minimum absolute atomic E-state index is 0.168. The second-order valence-corrected chi connectivity index (χ2v) is 4.76. The van der Waals surface area contributed by atoms with Crippen LogP contribution in [0.15, 0.2) is 23.1 Å². The van der Waals surface area contributed by atoms with Crippen molar-refractivity contribution in [1.82, 2.24) is 4.90 Å². The molecule has 84 valence electrons. The van der Waals surface area contributed by atoms with Gasteiger partial charge in [-0.05, 0) is 29.5 Å². The molecule has 4 nitrogen and oxygen atoms in total. The summed E-state index contributed by atoms with van der Waals surface area (Å²) in [6, 6.07) is 5.46. The van der Waals surface area contributed by atoms with E-state index in [0.29, 0.717) is 5.56 Å². The monoisotopic (exact) mass is 237 g/mol. The van der Waals surface area contributed by atoms with Crippen LogP contribution in [0.25, 0.3) is 0 Å². The number of amides is 2. The Balaban J connectivity index is 2.33. The van der Waals surface area contributed by atoms with E-state index in [2.05, 4.69) is 0 Å². The van der Waals surface area contributed by atoms with Gasteiger partial charge in [-0.15, -0.1) is 11.8 Å². The summed E-state index contributed by atoms with van der Waals surface area (Å²) in [6.07, 6.45) is -1.19. The van der Waals surface area contributed by atoms with Gasteiger partial charge < -0.3 is 5.11 Å². The Morgan fingerprint density at radius 1 is 1.56 bits per heavy atom. The zero-order valence-corrected chi connectivity index (χ0v) is 9.58. The molecule has 1 aromatic rings. The van der Waals surface area contributed by atoms with Crippen molar-refractivity contribution in [2.45, 2.75) is 18.4 Å². The van der Waals surface area contributed by atoms with E-state index < -0.39 is 12.0 Å². The van der Waals surface area contributed by atoms with Crippen LogP contribution in [0.5, 0.6) is 0 Å². The van der Waals surface area contributed by atoms with Gasteiger partial charge in [-0.25, -0.2) is 9.69 Å². The number of hydrogen-bond donors (Lipinski definition) is 1. The number of nitrogens with zero attached hydrogens (tertiary/aromatic N) is 1. The molecule has 1 N–H and O–H groups in total. The van der Waals surface area contributed by atoms with Gasteiger partial charge in [0.2, 0.25) is 0 Å². The Morgan fingerprint density at radius 2 is 2.31 bits per heavy atom. The first kappa shape index (κ1) is 11.0. The van der Waals surface area contributed by atoms with Crippen LogP contribution >= 0.6 is 11.8 Å². The maximum Gasteiger partial charge on any atom is 0.414 e. The van der Waals surface area contributed by atoms with Crippen molar-refractivity contribution >= 4 is 23.8 Å². The highest BCUT2D eigenvalue weighted by molar-refractivity contribution is 7.99. The molecule has 0 fully saturated rings. The standard InChI is InChI=1S/C11H11NO3S/c1-2-16-8-3-4-9-7(5-8)6-12(10(9)13)11(14)15/h3-5H,2,6H2,1H3,(H,14,15). The number of fused-ring (bicyclic) bond motifs is 1. The van der Waals surface area contributed by atoms with E-state index >= 15 is 0 Å². The van der Waals surface area contributed by atoms with Crippen LogP contribution in [0.3, 0.4) is 0 Å². The summed E-state index contributed by atoms with van der Waals surface area (Å²) in [6.45, 7) is 2.22. The average molecular weight is 237 g/mol. The Hall–Kier alpha value is -1.49. The van der Waals surface area contributed by atoms with Crippen molar-refractivity contribution in [3.8, 4) is 0 Å². The van der Waals surface area contributed by atoms with Crippen LogP contribution in [-0.4, -0.2) is 27.8 Å². The number of thioether (sulfide) groups is 1. The lowest BCUT2D eigenvalue weighted by molar-refractivity contribution is 0.0764. The predicted molar refractivity (Wildman–Crippen MR) is 60.7 cm³/mol. The SMILES string of the molecule is CCSc1ccc2c(c1)CN(C(=O)O)C2=O. The maximum absolute atomic E-state index is 11.6. The third kappa shape index (κ3) is 1.78. The highest BCUT2D eigenvalue weighted by Crippen LogP contribution is 2.27. The summed E-state index contributed by atoms with van der Waals surface area (Å²) in [5.41, 5.74) is 1.30. The van der Waals surface area contributed by atoms with Gasteiger partial charge in [0.25, 0.3) is 5.91 Å². The van der Waals surface area contributed by atoms with Crippen molar-refractivity contribution < 1.29 is 14.7 Å². The molecular formula is C11H11NO3S. The fourth-order valence-electron chi connectivity index (χ4n) is 1.71. The first-order valence-electron chi connectivity index (χ1n) is 4.94. The Labute approximate surface area is 97.3 Å².